The van der Waals surface area contributed by atoms with Crippen LogP contribution < -0.4 is 10.1 Å². The van der Waals surface area contributed by atoms with Crippen LogP contribution in [0.1, 0.15) is 62.4 Å². The smallest absolute Gasteiger partial charge is 0.244 e. The topological polar surface area (TPSA) is 38.3 Å². The average molecular weight is 366 g/mol. The van der Waals surface area contributed by atoms with Gasteiger partial charge >= 0.3 is 0 Å². The molecule has 0 aliphatic carbocycles. The largest absolute Gasteiger partial charge is 0.496 e. The molecule has 0 bridgehead atoms. The molecule has 2 aromatic rings. The summed E-state index contributed by atoms with van der Waals surface area (Å²) in [5.74, 6) is 0.772. The second kappa shape index (κ2) is 8.90. The standard InChI is InChI=1S/C24H31NO2/c1-7-21(19-11-14-22(27-6)17(2)16-19)25-23(26)15-10-18-8-12-20(13-9-18)24(3,4)5/h8-16,21H,7H2,1-6H3,(H,25,26)/b15-10+/t21-/m1/s1. The Balaban J connectivity index is 2.04. The lowest BCUT2D eigenvalue weighted by Crippen LogP contribution is -2.26. The van der Waals surface area contributed by atoms with Gasteiger partial charge in [0.25, 0.3) is 0 Å². The van der Waals surface area contributed by atoms with Crippen molar-refractivity contribution in [1.82, 2.24) is 5.32 Å². The highest BCUT2D eigenvalue weighted by Gasteiger charge is 2.14. The van der Waals surface area contributed by atoms with Gasteiger partial charge in [-0.05, 0) is 53.2 Å². The maximum absolute atomic E-state index is 12.4. The summed E-state index contributed by atoms with van der Waals surface area (Å²) in [6.07, 6.45) is 4.28. The zero-order valence-corrected chi connectivity index (χ0v) is 17.3. The Labute approximate surface area is 163 Å². The van der Waals surface area contributed by atoms with Gasteiger partial charge in [0.05, 0.1) is 13.2 Å². The van der Waals surface area contributed by atoms with E-state index in [-0.39, 0.29) is 17.4 Å². The van der Waals surface area contributed by atoms with Gasteiger partial charge in [0, 0.05) is 6.08 Å². The molecule has 0 fully saturated rings. The summed E-state index contributed by atoms with van der Waals surface area (Å²) in [5.41, 5.74) is 4.59. The average Bonchev–Trinajstić information content (AvgIpc) is 2.64. The molecular formula is C24H31NO2. The Kier molecular flexibility index (Phi) is 6.84. The van der Waals surface area contributed by atoms with Crippen LogP contribution in [0.4, 0.5) is 0 Å². The number of aryl methyl sites for hydroxylation is 1. The van der Waals surface area contributed by atoms with Crippen LogP contribution in [0.25, 0.3) is 6.08 Å². The van der Waals surface area contributed by atoms with Gasteiger partial charge in [0.1, 0.15) is 5.75 Å². The quantitative estimate of drug-likeness (QED) is 0.679. The number of methoxy groups -OCH3 is 1. The second-order valence-electron chi connectivity index (χ2n) is 7.90. The molecule has 2 rings (SSSR count). The van der Waals surface area contributed by atoms with E-state index in [4.69, 9.17) is 4.74 Å². The highest BCUT2D eigenvalue weighted by molar-refractivity contribution is 5.92. The lowest BCUT2D eigenvalue weighted by Gasteiger charge is -2.19. The Bertz CT molecular complexity index is 798. The van der Waals surface area contributed by atoms with Crippen molar-refractivity contribution in [1.29, 1.82) is 0 Å². The van der Waals surface area contributed by atoms with E-state index in [1.807, 2.05) is 25.1 Å². The molecule has 0 heterocycles. The van der Waals surface area contributed by atoms with Gasteiger partial charge in [-0.3, -0.25) is 4.79 Å². The first kappa shape index (κ1) is 20.8. The van der Waals surface area contributed by atoms with Crippen molar-refractivity contribution >= 4 is 12.0 Å². The number of hydrogen-bond donors (Lipinski definition) is 1. The normalized spacial score (nSPS) is 12.8. The maximum atomic E-state index is 12.4. The number of hydrogen-bond acceptors (Lipinski definition) is 2. The molecule has 0 radical (unpaired) electrons. The minimum absolute atomic E-state index is 0.0185. The SMILES string of the molecule is CC[C@@H](NC(=O)/C=C/c1ccc(C(C)(C)C)cc1)c1ccc(OC)c(C)c1. The molecule has 0 saturated heterocycles. The number of benzene rings is 2. The molecule has 1 amide bonds. The van der Waals surface area contributed by atoms with E-state index in [1.54, 1.807) is 13.2 Å². The zero-order valence-electron chi connectivity index (χ0n) is 17.3. The number of carbonyl (C=O) groups excluding carboxylic acids is 1. The van der Waals surface area contributed by atoms with E-state index in [0.717, 1.165) is 28.9 Å². The lowest BCUT2D eigenvalue weighted by atomic mass is 9.87. The molecule has 0 spiro atoms. The summed E-state index contributed by atoms with van der Waals surface area (Å²) < 4.78 is 5.31. The number of amides is 1. The summed E-state index contributed by atoms with van der Waals surface area (Å²) in [6.45, 7) is 10.7. The molecule has 0 aromatic heterocycles. The van der Waals surface area contributed by atoms with Crippen LogP contribution in [-0.2, 0) is 10.2 Å². The third-order valence-electron chi connectivity index (χ3n) is 4.75. The van der Waals surface area contributed by atoms with Crippen molar-refractivity contribution in [2.45, 2.75) is 52.5 Å². The van der Waals surface area contributed by atoms with Gasteiger partial charge in [0.15, 0.2) is 0 Å². The van der Waals surface area contributed by atoms with Crippen LogP contribution in [0, 0.1) is 6.92 Å². The molecule has 3 heteroatoms. The molecule has 1 N–H and O–H groups in total. The third-order valence-corrected chi connectivity index (χ3v) is 4.75. The summed E-state index contributed by atoms with van der Waals surface area (Å²) in [7, 11) is 1.67. The maximum Gasteiger partial charge on any atom is 0.244 e. The highest BCUT2D eigenvalue weighted by Crippen LogP contribution is 2.24. The predicted molar refractivity (Wildman–Crippen MR) is 113 cm³/mol. The first-order valence-corrected chi connectivity index (χ1v) is 9.48. The number of carbonyl (C=O) groups is 1. The molecule has 0 unspecified atom stereocenters. The first-order valence-electron chi connectivity index (χ1n) is 9.48. The van der Waals surface area contributed by atoms with Gasteiger partial charge < -0.3 is 10.1 Å². The van der Waals surface area contributed by atoms with E-state index in [1.165, 1.54) is 5.56 Å². The molecule has 0 saturated carbocycles. The van der Waals surface area contributed by atoms with Gasteiger partial charge in [0.2, 0.25) is 5.91 Å². The van der Waals surface area contributed by atoms with Gasteiger partial charge in [-0.2, -0.15) is 0 Å². The molecule has 27 heavy (non-hydrogen) atoms. The van der Waals surface area contributed by atoms with Crippen molar-refractivity contribution in [3.05, 3.63) is 70.8 Å². The molecule has 2 aromatic carbocycles. The molecule has 1 atom stereocenters. The van der Waals surface area contributed by atoms with E-state index in [9.17, 15) is 4.79 Å². The van der Waals surface area contributed by atoms with Gasteiger partial charge in [-0.15, -0.1) is 0 Å². The number of nitrogens with one attached hydrogen (secondary N) is 1. The second-order valence-corrected chi connectivity index (χ2v) is 7.90. The fourth-order valence-electron chi connectivity index (χ4n) is 3.03. The van der Waals surface area contributed by atoms with E-state index in [0.29, 0.717) is 0 Å². The minimum Gasteiger partial charge on any atom is -0.496 e. The summed E-state index contributed by atoms with van der Waals surface area (Å²) in [4.78, 5) is 12.4. The molecule has 3 nitrogen and oxygen atoms in total. The minimum atomic E-state index is -0.0878. The fourth-order valence-corrected chi connectivity index (χ4v) is 3.03. The lowest BCUT2D eigenvalue weighted by molar-refractivity contribution is -0.117. The van der Waals surface area contributed by atoms with Crippen LogP contribution in [0.3, 0.4) is 0 Å². The third kappa shape index (κ3) is 5.72. The van der Waals surface area contributed by atoms with Crippen molar-refractivity contribution in [3.63, 3.8) is 0 Å². The number of ether oxygens (including phenoxy) is 1. The van der Waals surface area contributed by atoms with E-state index in [2.05, 4.69) is 63.3 Å². The number of rotatable bonds is 6. The van der Waals surface area contributed by atoms with Crippen LogP contribution in [0.2, 0.25) is 0 Å². The summed E-state index contributed by atoms with van der Waals surface area (Å²) >= 11 is 0. The molecular weight excluding hydrogens is 334 g/mol. The summed E-state index contributed by atoms with van der Waals surface area (Å²) in [6, 6.07) is 14.3. The van der Waals surface area contributed by atoms with Crippen molar-refractivity contribution in [2.24, 2.45) is 0 Å². The fraction of sp³-hybridized carbons (Fsp3) is 0.375. The molecule has 144 valence electrons. The van der Waals surface area contributed by atoms with Crippen LogP contribution >= 0.6 is 0 Å². The predicted octanol–water partition coefficient (Wildman–Crippen LogP) is 5.58. The molecule has 0 aliphatic heterocycles. The first-order chi connectivity index (χ1) is 12.7. The Morgan fingerprint density at radius 3 is 2.33 bits per heavy atom. The van der Waals surface area contributed by atoms with Crippen LogP contribution in [-0.4, -0.2) is 13.0 Å². The van der Waals surface area contributed by atoms with Gasteiger partial charge in [-0.1, -0.05) is 64.1 Å². The zero-order chi connectivity index (χ0) is 20.0. The van der Waals surface area contributed by atoms with E-state index >= 15 is 0 Å². The van der Waals surface area contributed by atoms with Crippen molar-refractivity contribution in [2.75, 3.05) is 7.11 Å². The van der Waals surface area contributed by atoms with Crippen molar-refractivity contribution < 1.29 is 9.53 Å². The van der Waals surface area contributed by atoms with Crippen LogP contribution in [0.5, 0.6) is 5.75 Å². The Hall–Kier alpha value is -2.55. The Morgan fingerprint density at radius 2 is 1.81 bits per heavy atom. The monoisotopic (exact) mass is 365 g/mol. The summed E-state index contributed by atoms with van der Waals surface area (Å²) in [5, 5.41) is 3.09. The van der Waals surface area contributed by atoms with Crippen molar-refractivity contribution in [3.8, 4) is 5.75 Å². The highest BCUT2D eigenvalue weighted by atomic mass is 16.5. The Morgan fingerprint density at radius 1 is 1.15 bits per heavy atom. The van der Waals surface area contributed by atoms with E-state index < -0.39 is 0 Å². The van der Waals surface area contributed by atoms with Gasteiger partial charge in [-0.25, -0.2) is 0 Å². The molecule has 0 aliphatic rings. The van der Waals surface area contributed by atoms with Crippen LogP contribution in [0.15, 0.2) is 48.5 Å².